The molecule has 64 valence electrons. The van der Waals surface area contributed by atoms with E-state index in [1.807, 2.05) is 5.55 Å². The monoisotopic (exact) mass is 173 g/mol. The van der Waals surface area contributed by atoms with Crippen molar-refractivity contribution in [3.05, 3.63) is 0 Å². The van der Waals surface area contributed by atoms with Crippen molar-refractivity contribution >= 4 is 16.6 Å². The van der Waals surface area contributed by atoms with Gasteiger partial charge in [-0.2, -0.15) is 0 Å². The molecule has 3 heteroatoms. The van der Waals surface area contributed by atoms with Gasteiger partial charge in [0.1, 0.15) is 16.8 Å². The van der Waals surface area contributed by atoms with E-state index in [9.17, 15) is 0 Å². The van der Waals surface area contributed by atoms with Crippen LogP contribution in [0.15, 0.2) is 4.99 Å². The molecule has 0 bridgehead atoms. The van der Waals surface area contributed by atoms with Crippen LogP contribution >= 0.6 is 0 Å². The van der Waals surface area contributed by atoms with Crippen LogP contribution in [0, 0.1) is 0 Å². The predicted octanol–water partition coefficient (Wildman–Crippen LogP) is 1.47. The minimum absolute atomic E-state index is 0.00810. The fraction of sp³-hybridized carbons (Fsp3) is 0.875. The van der Waals surface area contributed by atoms with Crippen molar-refractivity contribution in [3.8, 4) is 0 Å². The van der Waals surface area contributed by atoms with Crippen LogP contribution in [-0.4, -0.2) is 17.3 Å². The second-order valence-electron chi connectivity index (χ2n) is 3.01. The average Bonchev–Trinajstić information content (AvgIpc) is 2.04. The SMILES string of the molecule is CCCC[C@H]1CC[S+](N)C=N1. The number of nitrogens with two attached hydrogens (primary N) is 1. The summed E-state index contributed by atoms with van der Waals surface area (Å²) >= 11 is -0.00810. The van der Waals surface area contributed by atoms with E-state index in [1.165, 1.54) is 25.7 Å². The van der Waals surface area contributed by atoms with E-state index in [0.29, 0.717) is 6.04 Å². The van der Waals surface area contributed by atoms with E-state index in [4.69, 9.17) is 5.14 Å². The number of aliphatic imine (C=N–C) groups is 1. The Morgan fingerprint density at radius 3 is 3.09 bits per heavy atom. The number of hydrogen-bond donors (Lipinski definition) is 1. The topological polar surface area (TPSA) is 38.4 Å². The smallest absolute Gasteiger partial charge is 0.226 e. The highest BCUT2D eigenvalue weighted by molar-refractivity contribution is 8.07. The highest BCUT2D eigenvalue weighted by Crippen LogP contribution is 2.12. The molecule has 0 aromatic carbocycles. The van der Waals surface area contributed by atoms with Gasteiger partial charge >= 0.3 is 0 Å². The molecule has 0 spiro atoms. The first-order valence-corrected chi connectivity index (χ1v) is 5.82. The fourth-order valence-corrected chi connectivity index (χ4v) is 2.20. The van der Waals surface area contributed by atoms with E-state index in [-0.39, 0.29) is 11.1 Å². The largest absolute Gasteiger partial charge is 0.242 e. The molecule has 0 aromatic rings. The Morgan fingerprint density at radius 1 is 1.73 bits per heavy atom. The standard InChI is InChI=1S/C8H17N2S/c1-2-3-4-8-5-6-11(9)7-10-8/h7-8H,2-6,9H2,1H3/q+1/t8-,11?/m0/s1. The molecule has 11 heavy (non-hydrogen) atoms. The van der Waals surface area contributed by atoms with Gasteiger partial charge in [0, 0.05) is 6.42 Å². The zero-order valence-electron chi connectivity index (χ0n) is 7.12. The summed E-state index contributed by atoms with van der Waals surface area (Å²) < 4.78 is 0. The number of unbranched alkanes of at least 4 members (excludes halogenated alkanes) is 1. The average molecular weight is 173 g/mol. The van der Waals surface area contributed by atoms with Gasteiger partial charge in [-0.05, 0) is 6.42 Å². The molecule has 1 rings (SSSR count). The molecule has 0 fully saturated rings. The molecule has 0 amide bonds. The molecular formula is C8H17N2S+. The predicted molar refractivity (Wildman–Crippen MR) is 52.8 cm³/mol. The van der Waals surface area contributed by atoms with E-state index in [0.717, 1.165) is 5.75 Å². The van der Waals surface area contributed by atoms with Gasteiger partial charge in [-0.3, -0.25) is 0 Å². The van der Waals surface area contributed by atoms with Crippen molar-refractivity contribution in [1.82, 2.24) is 0 Å². The van der Waals surface area contributed by atoms with Gasteiger partial charge in [0.05, 0.1) is 6.04 Å². The van der Waals surface area contributed by atoms with Crippen LogP contribution in [0.25, 0.3) is 0 Å². The summed E-state index contributed by atoms with van der Waals surface area (Å²) in [5.41, 5.74) is 1.95. The Kier molecular flexibility index (Phi) is 3.94. The van der Waals surface area contributed by atoms with E-state index >= 15 is 0 Å². The lowest BCUT2D eigenvalue weighted by Crippen LogP contribution is -2.27. The number of rotatable bonds is 3. The molecule has 1 unspecified atom stereocenters. The molecule has 0 aliphatic carbocycles. The van der Waals surface area contributed by atoms with E-state index in [1.54, 1.807) is 0 Å². The normalized spacial score (nSPS) is 30.7. The summed E-state index contributed by atoms with van der Waals surface area (Å²) in [6.45, 7) is 2.22. The second-order valence-corrected chi connectivity index (χ2v) is 4.57. The van der Waals surface area contributed by atoms with Crippen molar-refractivity contribution in [2.45, 2.75) is 38.6 Å². The van der Waals surface area contributed by atoms with Crippen LogP contribution in [0.2, 0.25) is 0 Å². The highest BCUT2D eigenvalue weighted by atomic mass is 32.2. The lowest BCUT2D eigenvalue weighted by atomic mass is 10.1. The third-order valence-electron chi connectivity index (χ3n) is 1.98. The maximum Gasteiger partial charge on any atom is 0.226 e. The highest BCUT2D eigenvalue weighted by Gasteiger charge is 2.20. The lowest BCUT2D eigenvalue weighted by molar-refractivity contribution is 0.567. The molecule has 0 radical (unpaired) electrons. The van der Waals surface area contributed by atoms with Crippen LogP contribution in [0.4, 0.5) is 0 Å². The van der Waals surface area contributed by atoms with Crippen molar-refractivity contribution < 1.29 is 0 Å². The van der Waals surface area contributed by atoms with Crippen molar-refractivity contribution in [3.63, 3.8) is 0 Å². The van der Waals surface area contributed by atoms with Crippen LogP contribution < -0.4 is 5.14 Å². The van der Waals surface area contributed by atoms with Gasteiger partial charge in [-0.25, -0.2) is 4.99 Å². The number of nitrogens with zero attached hydrogens (tertiary/aromatic N) is 1. The molecule has 1 heterocycles. The van der Waals surface area contributed by atoms with Crippen LogP contribution in [-0.2, 0) is 11.1 Å². The second kappa shape index (κ2) is 4.78. The van der Waals surface area contributed by atoms with E-state index in [2.05, 4.69) is 11.9 Å². The zero-order valence-corrected chi connectivity index (χ0v) is 7.94. The first kappa shape index (κ1) is 9.07. The molecule has 2 nitrogen and oxygen atoms in total. The van der Waals surface area contributed by atoms with Gasteiger partial charge in [-0.15, -0.1) is 5.14 Å². The van der Waals surface area contributed by atoms with Crippen LogP contribution in [0.1, 0.15) is 32.6 Å². The first-order valence-electron chi connectivity index (χ1n) is 4.30. The summed E-state index contributed by atoms with van der Waals surface area (Å²) in [7, 11) is 0. The third-order valence-corrected chi connectivity index (χ3v) is 3.08. The molecule has 0 saturated carbocycles. The van der Waals surface area contributed by atoms with Crippen molar-refractivity contribution in [2.75, 3.05) is 5.75 Å². The van der Waals surface area contributed by atoms with Gasteiger partial charge in [0.15, 0.2) is 0 Å². The summed E-state index contributed by atoms with van der Waals surface area (Å²) in [5.74, 6) is 1.15. The summed E-state index contributed by atoms with van der Waals surface area (Å²) in [4.78, 5) is 4.41. The Morgan fingerprint density at radius 2 is 2.55 bits per heavy atom. The summed E-state index contributed by atoms with van der Waals surface area (Å²) in [6.07, 6.45) is 5.04. The zero-order chi connectivity index (χ0) is 8.10. The Labute approximate surface area is 71.7 Å². The van der Waals surface area contributed by atoms with Crippen molar-refractivity contribution in [2.24, 2.45) is 10.1 Å². The third kappa shape index (κ3) is 3.25. The molecule has 0 saturated heterocycles. The quantitative estimate of drug-likeness (QED) is 0.645. The Balaban J connectivity index is 2.21. The summed E-state index contributed by atoms with van der Waals surface area (Å²) in [6, 6.07) is 0.585. The molecule has 0 aromatic heterocycles. The Bertz CT molecular complexity index is 136. The first-order chi connectivity index (χ1) is 5.33. The minimum atomic E-state index is -0.00810. The molecule has 2 atom stereocenters. The minimum Gasteiger partial charge on any atom is -0.242 e. The number of hydrogen-bond acceptors (Lipinski definition) is 2. The van der Waals surface area contributed by atoms with Crippen molar-refractivity contribution in [1.29, 1.82) is 0 Å². The molecular weight excluding hydrogens is 156 g/mol. The molecule has 1 aliphatic rings. The molecule has 2 N–H and O–H groups in total. The maximum atomic E-state index is 5.70. The van der Waals surface area contributed by atoms with Gasteiger partial charge in [0.2, 0.25) is 5.55 Å². The Hall–Kier alpha value is -0.0200. The van der Waals surface area contributed by atoms with E-state index < -0.39 is 0 Å². The summed E-state index contributed by atoms with van der Waals surface area (Å²) in [5, 5.41) is 5.70. The fourth-order valence-electron chi connectivity index (χ4n) is 1.22. The van der Waals surface area contributed by atoms with Crippen LogP contribution in [0.5, 0.6) is 0 Å². The van der Waals surface area contributed by atoms with Gasteiger partial charge in [0.25, 0.3) is 0 Å². The molecule has 1 aliphatic heterocycles. The van der Waals surface area contributed by atoms with Gasteiger partial charge < -0.3 is 0 Å². The maximum absolute atomic E-state index is 5.70. The lowest BCUT2D eigenvalue weighted by Gasteiger charge is -2.12. The van der Waals surface area contributed by atoms with Crippen LogP contribution in [0.3, 0.4) is 0 Å². The van der Waals surface area contributed by atoms with Gasteiger partial charge in [-0.1, -0.05) is 19.8 Å².